The summed E-state index contributed by atoms with van der Waals surface area (Å²) in [5.74, 6) is -0.478. The standard InChI is InChI=1S/C27H25BrN2O4/c28-22-9-8-19-12-21(7-6-20(19)13-22)24(31)15-29-25(32)23-14-27(10-11-27)17-30(23)26(33)34-16-18-4-2-1-3-5-18/h1-9,12-13,23H,10-11,14-17H2,(H,29,32). The first-order valence-corrected chi connectivity index (χ1v) is 12.2. The Morgan fingerprint density at radius 2 is 1.74 bits per heavy atom. The van der Waals surface area contributed by atoms with Gasteiger partial charge in [-0.05, 0) is 59.2 Å². The largest absolute Gasteiger partial charge is 0.445 e. The van der Waals surface area contributed by atoms with Crippen molar-refractivity contribution in [3.63, 3.8) is 0 Å². The smallest absolute Gasteiger partial charge is 0.410 e. The van der Waals surface area contributed by atoms with Gasteiger partial charge in [-0.1, -0.05) is 64.5 Å². The van der Waals surface area contributed by atoms with Crippen molar-refractivity contribution in [1.82, 2.24) is 10.2 Å². The van der Waals surface area contributed by atoms with Crippen LogP contribution in [0.2, 0.25) is 0 Å². The molecule has 34 heavy (non-hydrogen) atoms. The number of nitrogens with zero attached hydrogens (tertiary/aromatic N) is 1. The van der Waals surface area contributed by atoms with Gasteiger partial charge in [0.1, 0.15) is 12.6 Å². The second kappa shape index (κ2) is 9.22. The molecule has 3 aromatic carbocycles. The van der Waals surface area contributed by atoms with E-state index in [-0.39, 0.29) is 30.3 Å². The topological polar surface area (TPSA) is 75.7 Å². The third-order valence-electron chi connectivity index (χ3n) is 6.76. The maximum atomic E-state index is 13.0. The Labute approximate surface area is 206 Å². The summed E-state index contributed by atoms with van der Waals surface area (Å²) in [7, 11) is 0. The molecule has 1 saturated heterocycles. The summed E-state index contributed by atoms with van der Waals surface area (Å²) in [5, 5.41) is 4.74. The first-order valence-electron chi connectivity index (χ1n) is 11.4. The van der Waals surface area contributed by atoms with E-state index in [1.165, 1.54) is 4.90 Å². The van der Waals surface area contributed by atoms with Gasteiger partial charge < -0.3 is 10.1 Å². The van der Waals surface area contributed by atoms with Gasteiger partial charge in [-0.15, -0.1) is 0 Å². The monoisotopic (exact) mass is 520 g/mol. The lowest BCUT2D eigenvalue weighted by molar-refractivity contribution is -0.125. The molecule has 2 aliphatic rings. The van der Waals surface area contributed by atoms with Gasteiger partial charge in [-0.2, -0.15) is 0 Å². The minimum atomic E-state index is -0.618. The molecule has 1 saturated carbocycles. The predicted molar refractivity (Wildman–Crippen MR) is 132 cm³/mol. The fraction of sp³-hybridized carbons (Fsp3) is 0.296. The number of ether oxygens (including phenoxy) is 1. The lowest BCUT2D eigenvalue weighted by Gasteiger charge is -2.23. The Balaban J connectivity index is 1.21. The van der Waals surface area contributed by atoms with E-state index in [1.54, 1.807) is 6.07 Å². The van der Waals surface area contributed by atoms with Gasteiger partial charge in [0, 0.05) is 16.6 Å². The molecule has 6 nitrogen and oxygen atoms in total. The molecule has 5 rings (SSSR count). The van der Waals surface area contributed by atoms with E-state index in [9.17, 15) is 14.4 Å². The van der Waals surface area contributed by atoms with Crippen molar-refractivity contribution in [3.05, 3.63) is 82.3 Å². The molecule has 1 N–H and O–H groups in total. The number of amides is 2. The van der Waals surface area contributed by atoms with E-state index in [0.717, 1.165) is 33.7 Å². The molecular formula is C27H25BrN2O4. The number of ketones is 1. The zero-order chi connectivity index (χ0) is 23.7. The number of benzene rings is 3. The molecule has 174 valence electrons. The van der Waals surface area contributed by atoms with Crippen LogP contribution in [0.1, 0.15) is 35.2 Å². The van der Waals surface area contributed by atoms with Crippen molar-refractivity contribution < 1.29 is 19.1 Å². The highest BCUT2D eigenvalue weighted by atomic mass is 79.9. The van der Waals surface area contributed by atoms with Crippen molar-refractivity contribution in [3.8, 4) is 0 Å². The van der Waals surface area contributed by atoms with Crippen molar-refractivity contribution in [2.24, 2.45) is 5.41 Å². The maximum Gasteiger partial charge on any atom is 0.410 e. The number of halogens is 1. The van der Waals surface area contributed by atoms with Gasteiger partial charge in [0.25, 0.3) is 0 Å². The molecule has 3 aromatic rings. The number of nitrogens with one attached hydrogen (secondary N) is 1. The third-order valence-corrected chi connectivity index (χ3v) is 7.25. The molecule has 2 fully saturated rings. The highest BCUT2D eigenvalue weighted by molar-refractivity contribution is 9.10. The Morgan fingerprint density at radius 1 is 1.00 bits per heavy atom. The van der Waals surface area contributed by atoms with Crippen LogP contribution in [-0.4, -0.2) is 41.8 Å². The Hall–Kier alpha value is -3.19. The van der Waals surface area contributed by atoms with Crippen LogP contribution >= 0.6 is 15.9 Å². The Kier molecular flexibility index (Phi) is 6.13. The van der Waals surface area contributed by atoms with Gasteiger partial charge in [-0.25, -0.2) is 4.79 Å². The van der Waals surface area contributed by atoms with Gasteiger partial charge in [0.05, 0.1) is 6.54 Å². The predicted octanol–water partition coefficient (Wildman–Crippen LogP) is 5.09. The van der Waals surface area contributed by atoms with Gasteiger partial charge in [0.15, 0.2) is 5.78 Å². The average Bonchev–Trinajstić information content (AvgIpc) is 3.50. The SMILES string of the molecule is O=C(CNC(=O)C1CC2(CC2)CN1C(=O)OCc1ccccc1)c1ccc2cc(Br)ccc2c1. The Bertz CT molecular complexity index is 1260. The maximum absolute atomic E-state index is 13.0. The van der Waals surface area contributed by atoms with Crippen LogP contribution in [0.5, 0.6) is 0 Å². The normalized spacial score (nSPS) is 18.1. The molecular weight excluding hydrogens is 496 g/mol. The highest BCUT2D eigenvalue weighted by Gasteiger charge is 2.55. The van der Waals surface area contributed by atoms with E-state index < -0.39 is 12.1 Å². The molecule has 1 spiro atoms. The van der Waals surface area contributed by atoms with Crippen LogP contribution in [0, 0.1) is 5.41 Å². The quantitative estimate of drug-likeness (QED) is 0.459. The molecule has 1 atom stereocenters. The number of Topliss-reactive ketones (excluding diaryl/α,β-unsaturated/α-hetero) is 1. The van der Waals surface area contributed by atoms with Gasteiger partial charge in [0.2, 0.25) is 5.91 Å². The second-order valence-corrected chi connectivity index (χ2v) is 10.2. The number of carbonyl (C=O) groups excluding carboxylic acids is 3. The van der Waals surface area contributed by atoms with Crippen molar-refractivity contribution in [2.45, 2.75) is 31.9 Å². The lowest BCUT2D eigenvalue weighted by Crippen LogP contribution is -2.47. The van der Waals surface area contributed by atoms with E-state index in [2.05, 4.69) is 21.2 Å². The molecule has 1 unspecified atom stereocenters. The van der Waals surface area contributed by atoms with Crippen LogP contribution in [0.25, 0.3) is 10.8 Å². The number of fused-ring (bicyclic) bond motifs is 1. The summed E-state index contributed by atoms with van der Waals surface area (Å²) in [6.45, 7) is 0.568. The van der Waals surface area contributed by atoms with Crippen LogP contribution in [0.15, 0.2) is 71.2 Å². The molecule has 0 aromatic heterocycles. The van der Waals surface area contributed by atoms with E-state index >= 15 is 0 Å². The minimum Gasteiger partial charge on any atom is -0.445 e. The molecule has 2 amide bonds. The first kappa shape index (κ1) is 22.6. The van der Waals surface area contributed by atoms with Gasteiger partial charge in [-0.3, -0.25) is 14.5 Å². The summed E-state index contributed by atoms with van der Waals surface area (Å²) in [6, 6.07) is 20.2. The lowest BCUT2D eigenvalue weighted by atomic mass is 10.0. The zero-order valence-electron chi connectivity index (χ0n) is 18.6. The third kappa shape index (κ3) is 4.85. The zero-order valence-corrected chi connectivity index (χ0v) is 20.2. The minimum absolute atomic E-state index is 0.0183. The number of hydrogen-bond donors (Lipinski definition) is 1. The van der Waals surface area contributed by atoms with E-state index in [4.69, 9.17) is 4.74 Å². The fourth-order valence-electron chi connectivity index (χ4n) is 4.60. The number of carbonyl (C=O) groups is 3. The van der Waals surface area contributed by atoms with Crippen molar-refractivity contribution in [1.29, 1.82) is 0 Å². The molecule has 1 aliphatic heterocycles. The second-order valence-electron chi connectivity index (χ2n) is 9.24. The molecule has 0 bridgehead atoms. The van der Waals surface area contributed by atoms with Crippen LogP contribution in [0.4, 0.5) is 4.79 Å². The van der Waals surface area contributed by atoms with Gasteiger partial charge >= 0.3 is 6.09 Å². The number of likely N-dealkylation sites (tertiary alicyclic amines) is 1. The van der Waals surface area contributed by atoms with E-state index in [1.807, 2.05) is 60.7 Å². The fourth-order valence-corrected chi connectivity index (χ4v) is 4.98. The molecule has 1 aliphatic carbocycles. The molecule has 7 heteroatoms. The number of hydrogen-bond acceptors (Lipinski definition) is 4. The Morgan fingerprint density at radius 3 is 2.50 bits per heavy atom. The van der Waals surface area contributed by atoms with E-state index in [0.29, 0.717) is 18.5 Å². The molecule has 1 heterocycles. The van der Waals surface area contributed by atoms with Crippen molar-refractivity contribution >= 4 is 44.5 Å². The van der Waals surface area contributed by atoms with Crippen molar-refractivity contribution in [2.75, 3.05) is 13.1 Å². The first-order chi connectivity index (χ1) is 16.4. The van der Waals surface area contributed by atoms with Crippen LogP contribution in [0.3, 0.4) is 0 Å². The van der Waals surface area contributed by atoms with Crippen LogP contribution < -0.4 is 5.32 Å². The summed E-state index contributed by atoms with van der Waals surface area (Å²) < 4.78 is 6.47. The van der Waals surface area contributed by atoms with Crippen LogP contribution in [-0.2, 0) is 16.1 Å². The number of rotatable bonds is 6. The summed E-state index contributed by atoms with van der Waals surface area (Å²) in [4.78, 5) is 40.1. The average molecular weight is 521 g/mol. The summed E-state index contributed by atoms with van der Waals surface area (Å²) in [6.07, 6.45) is 2.13. The highest BCUT2D eigenvalue weighted by Crippen LogP contribution is 2.54. The molecule has 0 radical (unpaired) electrons. The summed E-state index contributed by atoms with van der Waals surface area (Å²) in [5.41, 5.74) is 1.45. The summed E-state index contributed by atoms with van der Waals surface area (Å²) >= 11 is 3.45.